The van der Waals surface area contributed by atoms with Crippen molar-refractivity contribution in [2.75, 3.05) is 0 Å². The van der Waals surface area contributed by atoms with Crippen LogP contribution < -0.4 is 0 Å². The summed E-state index contributed by atoms with van der Waals surface area (Å²) in [6.07, 6.45) is 16.2. The molecule has 1 spiro atoms. The quantitative estimate of drug-likeness (QED) is 0.710. The molecule has 5 rings (SSSR count). The number of hydrogen-bond donors (Lipinski definition) is 1. The minimum Gasteiger partial charge on any atom is -0.393 e. The van der Waals surface area contributed by atoms with Crippen LogP contribution in [0.4, 0.5) is 0 Å². The van der Waals surface area contributed by atoms with Crippen LogP contribution in [-0.4, -0.2) is 17.0 Å². The zero-order valence-electron chi connectivity index (χ0n) is 15.0. The maximum Gasteiger partial charge on any atom is 0.155 e. The van der Waals surface area contributed by atoms with Crippen LogP contribution in [0.3, 0.4) is 0 Å². The molecule has 2 nitrogen and oxygen atoms in total. The Hall–Kier alpha value is -0.630. The van der Waals surface area contributed by atoms with Gasteiger partial charge in [-0.1, -0.05) is 13.0 Å². The highest BCUT2D eigenvalue weighted by Gasteiger charge is 2.61. The van der Waals surface area contributed by atoms with E-state index < -0.39 is 0 Å². The molecule has 0 heterocycles. The summed E-state index contributed by atoms with van der Waals surface area (Å²) in [6, 6.07) is 0. The first-order chi connectivity index (χ1) is 11.5. The lowest BCUT2D eigenvalue weighted by atomic mass is 9.43. The fourth-order valence-electron chi connectivity index (χ4n) is 8.33. The average molecular weight is 328 g/mol. The summed E-state index contributed by atoms with van der Waals surface area (Å²) in [7, 11) is 0. The third-order valence-electron chi connectivity index (χ3n) is 9.44. The topological polar surface area (TPSA) is 37.3 Å². The Bertz CT molecular complexity index is 581. The SMILES string of the molecule is C[C@]12CC[C@@H](O)C[C@@H]1CC[C@@H]1[C@@H]2CC[C@@]23CC(=O)C=C[C@H]2CC[C@@H]13. The molecule has 0 amide bonds. The second kappa shape index (κ2) is 5.19. The molecule has 132 valence electrons. The van der Waals surface area contributed by atoms with Crippen molar-refractivity contribution < 1.29 is 9.90 Å². The minimum absolute atomic E-state index is 0.0495. The number of aliphatic hydroxyl groups is 1. The lowest BCUT2D eigenvalue weighted by Crippen LogP contribution is -2.55. The second-order valence-corrected chi connectivity index (χ2v) is 10.0. The Balaban J connectivity index is 1.47. The number of carbonyl (C=O) groups is 1. The van der Waals surface area contributed by atoms with Gasteiger partial charge >= 0.3 is 0 Å². The van der Waals surface area contributed by atoms with Gasteiger partial charge in [-0.2, -0.15) is 0 Å². The van der Waals surface area contributed by atoms with E-state index in [0.717, 1.165) is 42.9 Å². The molecule has 0 bridgehead atoms. The molecule has 0 aliphatic heterocycles. The molecule has 24 heavy (non-hydrogen) atoms. The van der Waals surface area contributed by atoms with E-state index >= 15 is 0 Å². The number of fused-ring (bicyclic) bond motifs is 4. The van der Waals surface area contributed by atoms with Gasteiger partial charge in [0.1, 0.15) is 0 Å². The Labute approximate surface area is 146 Å². The van der Waals surface area contributed by atoms with Crippen molar-refractivity contribution in [2.45, 2.75) is 77.2 Å². The highest BCUT2D eigenvalue weighted by molar-refractivity contribution is 5.91. The van der Waals surface area contributed by atoms with Crippen molar-refractivity contribution in [3.8, 4) is 0 Å². The Morgan fingerprint density at radius 3 is 2.79 bits per heavy atom. The number of rotatable bonds is 0. The highest BCUT2D eigenvalue weighted by Crippen LogP contribution is 2.69. The van der Waals surface area contributed by atoms with E-state index in [-0.39, 0.29) is 6.10 Å². The van der Waals surface area contributed by atoms with Gasteiger partial charge in [0.05, 0.1) is 6.10 Å². The lowest BCUT2D eigenvalue weighted by Gasteiger charge is -2.61. The van der Waals surface area contributed by atoms with Crippen molar-refractivity contribution in [3.05, 3.63) is 12.2 Å². The van der Waals surface area contributed by atoms with E-state index in [0.29, 0.717) is 22.5 Å². The molecule has 4 fully saturated rings. The smallest absolute Gasteiger partial charge is 0.155 e. The first-order valence-electron chi connectivity index (χ1n) is 10.4. The van der Waals surface area contributed by atoms with Gasteiger partial charge in [0, 0.05) is 6.42 Å². The molecule has 5 aliphatic rings. The average Bonchev–Trinajstić information content (AvgIpc) is 2.94. The van der Waals surface area contributed by atoms with Gasteiger partial charge in [-0.05, 0) is 104 Å². The summed E-state index contributed by atoms with van der Waals surface area (Å²) in [4.78, 5) is 12.2. The lowest BCUT2D eigenvalue weighted by molar-refractivity contribution is -0.138. The number of aliphatic hydroxyl groups excluding tert-OH is 1. The van der Waals surface area contributed by atoms with Gasteiger partial charge in [0.2, 0.25) is 0 Å². The molecule has 0 unspecified atom stereocenters. The van der Waals surface area contributed by atoms with Crippen molar-refractivity contribution in [3.63, 3.8) is 0 Å². The summed E-state index contributed by atoms with van der Waals surface area (Å²) in [5, 5.41) is 10.1. The fourth-order valence-corrected chi connectivity index (χ4v) is 8.33. The molecule has 2 heteroatoms. The van der Waals surface area contributed by atoms with Crippen LogP contribution in [0, 0.1) is 40.4 Å². The minimum atomic E-state index is -0.0495. The highest BCUT2D eigenvalue weighted by atomic mass is 16.3. The van der Waals surface area contributed by atoms with Crippen LogP contribution in [0.25, 0.3) is 0 Å². The molecule has 0 aromatic carbocycles. The normalized spacial score (nSPS) is 56.2. The van der Waals surface area contributed by atoms with Crippen LogP contribution in [0.1, 0.15) is 71.1 Å². The molecule has 8 atom stereocenters. The van der Waals surface area contributed by atoms with Crippen molar-refractivity contribution >= 4 is 5.78 Å². The Kier molecular flexibility index (Phi) is 3.38. The van der Waals surface area contributed by atoms with E-state index in [9.17, 15) is 9.90 Å². The summed E-state index contributed by atoms with van der Waals surface area (Å²) in [5.74, 6) is 4.29. The molecule has 0 aromatic heterocycles. The second-order valence-electron chi connectivity index (χ2n) is 10.0. The van der Waals surface area contributed by atoms with Crippen LogP contribution in [0.2, 0.25) is 0 Å². The third-order valence-corrected chi connectivity index (χ3v) is 9.44. The molecule has 5 aliphatic carbocycles. The predicted molar refractivity (Wildman–Crippen MR) is 94.3 cm³/mol. The van der Waals surface area contributed by atoms with Gasteiger partial charge in [-0.3, -0.25) is 4.79 Å². The van der Waals surface area contributed by atoms with Crippen molar-refractivity contribution in [1.29, 1.82) is 0 Å². The standard InChI is InChI=1S/C22H32O2/c1-21-10-8-16(23)12-15(21)3-6-18-19(21)9-11-22-13-17(24)5-2-14(22)4-7-20(18)22/h2,5,14-16,18-20,23H,3-4,6-13H2,1H3/t14-,15-,16+,18+,19-,20-,21-,22+/m0/s1. The Morgan fingerprint density at radius 1 is 1.04 bits per heavy atom. The van der Waals surface area contributed by atoms with E-state index in [1.807, 2.05) is 6.08 Å². The molecule has 0 aromatic rings. The first-order valence-corrected chi connectivity index (χ1v) is 10.4. The maximum absolute atomic E-state index is 12.2. The molecule has 0 saturated heterocycles. The summed E-state index contributed by atoms with van der Waals surface area (Å²) in [6.45, 7) is 2.55. The number of hydrogen-bond acceptors (Lipinski definition) is 2. The largest absolute Gasteiger partial charge is 0.393 e. The van der Waals surface area contributed by atoms with Gasteiger partial charge < -0.3 is 5.11 Å². The van der Waals surface area contributed by atoms with E-state index in [4.69, 9.17) is 0 Å². The van der Waals surface area contributed by atoms with Gasteiger partial charge in [0.15, 0.2) is 5.78 Å². The monoisotopic (exact) mass is 328 g/mol. The van der Waals surface area contributed by atoms with E-state index in [2.05, 4.69) is 13.0 Å². The summed E-state index contributed by atoms with van der Waals surface area (Å²) < 4.78 is 0. The molecule has 1 N–H and O–H groups in total. The molecule has 4 saturated carbocycles. The van der Waals surface area contributed by atoms with Gasteiger partial charge in [-0.15, -0.1) is 0 Å². The molecular weight excluding hydrogens is 296 g/mol. The molecule has 0 radical (unpaired) electrons. The zero-order chi connectivity index (χ0) is 16.5. The van der Waals surface area contributed by atoms with Crippen LogP contribution in [-0.2, 0) is 4.79 Å². The van der Waals surface area contributed by atoms with Gasteiger partial charge in [0.25, 0.3) is 0 Å². The van der Waals surface area contributed by atoms with E-state index in [1.165, 1.54) is 44.9 Å². The van der Waals surface area contributed by atoms with Crippen LogP contribution in [0.15, 0.2) is 12.2 Å². The third kappa shape index (κ3) is 1.95. The Morgan fingerprint density at radius 2 is 1.92 bits per heavy atom. The molecular formula is C22H32O2. The fraction of sp³-hybridized carbons (Fsp3) is 0.864. The van der Waals surface area contributed by atoms with Crippen molar-refractivity contribution in [1.82, 2.24) is 0 Å². The summed E-state index contributed by atoms with van der Waals surface area (Å²) in [5.41, 5.74) is 0.779. The number of ketones is 1. The van der Waals surface area contributed by atoms with Crippen LogP contribution >= 0.6 is 0 Å². The maximum atomic E-state index is 12.2. The number of carbonyl (C=O) groups excluding carboxylic acids is 1. The van der Waals surface area contributed by atoms with Crippen molar-refractivity contribution in [2.24, 2.45) is 40.4 Å². The number of allylic oxidation sites excluding steroid dienone is 2. The zero-order valence-corrected chi connectivity index (χ0v) is 15.0. The van der Waals surface area contributed by atoms with Gasteiger partial charge in [-0.25, -0.2) is 0 Å². The van der Waals surface area contributed by atoms with E-state index in [1.54, 1.807) is 0 Å². The first kappa shape index (κ1) is 15.6. The van der Waals surface area contributed by atoms with Crippen LogP contribution in [0.5, 0.6) is 0 Å². The summed E-state index contributed by atoms with van der Waals surface area (Å²) >= 11 is 0. The predicted octanol–water partition coefficient (Wildman–Crippen LogP) is 4.52.